The fraction of sp³-hybridized carbons (Fsp3) is 1.00. The highest BCUT2D eigenvalue weighted by atomic mass is 31.2. The van der Waals surface area contributed by atoms with Crippen LogP contribution in [-0.2, 0) is 9.30 Å². The van der Waals surface area contributed by atoms with E-state index in [1.807, 2.05) is 0 Å². The molecule has 0 aromatic carbocycles. The molecule has 0 saturated carbocycles. The quantitative estimate of drug-likeness (QED) is 0.192. The molecule has 13 nitrogen and oxygen atoms in total. The molecule has 0 radical (unpaired) electrons. The summed E-state index contributed by atoms with van der Waals surface area (Å²) in [5, 5.41) is 10.1. The molecule has 0 saturated heterocycles. The van der Waals surface area contributed by atoms with Crippen molar-refractivity contribution in [2.45, 2.75) is 0 Å². The molecule has 0 bridgehead atoms. The number of hydrogen-bond donors (Lipinski definition) is 2. The van der Waals surface area contributed by atoms with Gasteiger partial charge in [-0.2, -0.15) is 0 Å². The highest BCUT2D eigenvalue weighted by molar-refractivity contribution is 7.51. The minimum absolute atomic E-state index is 0.149. The molecule has 0 aliphatic rings. The minimum atomic E-state index is -4.18. The predicted octanol–water partition coefficient (Wildman–Crippen LogP) is 2.10. The summed E-state index contributed by atoms with van der Waals surface area (Å²) < 4.78 is 15.8. The van der Waals surface area contributed by atoms with Gasteiger partial charge in [0.15, 0.2) is 0 Å². The van der Waals surface area contributed by atoms with Gasteiger partial charge in [-0.3, -0.25) is 4.57 Å². The Labute approximate surface area is 118 Å². The number of nitrogens with zero attached hydrogens (tertiary/aromatic N) is 9. The third-order valence-corrected chi connectivity index (χ3v) is 3.11. The second kappa shape index (κ2) is 9.87. The van der Waals surface area contributed by atoms with E-state index in [0.717, 1.165) is 0 Å². The topological polar surface area (TPSA) is 213 Å². The van der Waals surface area contributed by atoms with Gasteiger partial charge in [-0.15, -0.1) is 0 Å². The lowest BCUT2D eigenvalue weighted by Gasteiger charge is -2.28. The van der Waals surface area contributed by atoms with Crippen molar-refractivity contribution >= 4 is 7.60 Å². The molecule has 21 heavy (non-hydrogen) atoms. The molecule has 14 heteroatoms. The van der Waals surface area contributed by atoms with Gasteiger partial charge in [0.2, 0.25) is 0 Å². The summed E-state index contributed by atoms with van der Waals surface area (Å²) in [7, 11) is -4.18. The van der Waals surface area contributed by atoms with Crippen molar-refractivity contribution in [2.75, 3.05) is 39.0 Å². The van der Waals surface area contributed by atoms with E-state index in [9.17, 15) is 4.57 Å². The number of ether oxygens (including phenoxy) is 1. The SMILES string of the molecule is [N-]=[N+]=NCC(CN=[N+]=[N-])(CN=[N+]=[N-])COCCP(=O)(O)O. The lowest BCUT2D eigenvalue weighted by atomic mass is 9.89. The largest absolute Gasteiger partial charge is 0.380 e. The lowest BCUT2D eigenvalue weighted by molar-refractivity contribution is 0.0639. The molecule has 0 aromatic heterocycles. The molecule has 0 fully saturated rings. The minimum Gasteiger partial charge on any atom is -0.380 e. The van der Waals surface area contributed by atoms with Crippen molar-refractivity contribution in [3.63, 3.8) is 0 Å². The lowest BCUT2D eigenvalue weighted by Crippen LogP contribution is -2.37. The zero-order chi connectivity index (χ0) is 16.2. The Morgan fingerprint density at radius 3 is 1.76 bits per heavy atom. The zero-order valence-corrected chi connectivity index (χ0v) is 11.8. The van der Waals surface area contributed by atoms with Crippen LogP contribution >= 0.6 is 7.60 Å². The Hall–Kier alpha value is -1.96. The van der Waals surface area contributed by atoms with Crippen LogP contribution in [0.1, 0.15) is 0 Å². The first-order valence-corrected chi connectivity index (χ1v) is 7.34. The molecule has 116 valence electrons. The second-order valence-electron chi connectivity index (χ2n) is 4.11. The molecule has 0 unspecified atom stereocenters. The van der Waals surface area contributed by atoms with E-state index >= 15 is 0 Å². The van der Waals surface area contributed by atoms with E-state index in [1.54, 1.807) is 0 Å². The molecule has 2 N–H and O–H groups in total. The third kappa shape index (κ3) is 9.55. The van der Waals surface area contributed by atoms with Gasteiger partial charge in [-0.05, 0) is 16.6 Å². The van der Waals surface area contributed by atoms with Crippen LogP contribution in [0.25, 0.3) is 31.3 Å². The molecule has 0 aliphatic heterocycles. The molecule has 0 aliphatic carbocycles. The van der Waals surface area contributed by atoms with Crippen molar-refractivity contribution in [3.05, 3.63) is 31.3 Å². The van der Waals surface area contributed by atoms with Crippen LogP contribution < -0.4 is 0 Å². The van der Waals surface area contributed by atoms with Crippen molar-refractivity contribution in [2.24, 2.45) is 20.8 Å². The maximum Gasteiger partial charge on any atom is 0.327 e. The average molecular weight is 319 g/mol. The molecular weight excluding hydrogens is 305 g/mol. The molecule has 0 aromatic rings. The van der Waals surface area contributed by atoms with Crippen molar-refractivity contribution in [1.29, 1.82) is 0 Å². The molecule has 0 spiro atoms. The van der Waals surface area contributed by atoms with E-state index in [1.165, 1.54) is 0 Å². The van der Waals surface area contributed by atoms with Crippen LogP contribution in [0.3, 0.4) is 0 Å². The third-order valence-electron chi connectivity index (χ3n) is 2.34. The standard InChI is InChI=1S/C7H14N9O4P/c8-14-11-3-7(4-12-15-9,5-13-16-10)6-20-1-2-21(17,18)19/h1-6H2,(H2,17,18,19). The maximum atomic E-state index is 10.7. The summed E-state index contributed by atoms with van der Waals surface area (Å²) in [6, 6.07) is 0. The smallest absolute Gasteiger partial charge is 0.327 e. The number of rotatable bonds is 11. The number of hydrogen-bond acceptors (Lipinski definition) is 5. The summed E-state index contributed by atoms with van der Waals surface area (Å²) in [6.07, 6.45) is -0.479. The van der Waals surface area contributed by atoms with Crippen molar-refractivity contribution in [3.8, 4) is 0 Å². The Morgan fingerprint density at radius 1 is 1.00 bits per heavy atom. The van der Waals surface area contributed by atoms with Gasteiger partial charge >= 0.3 is 7.60 Å². The van der Waals surface area contributed by atoms with Crippen LogP contribution in [0, 0.1) is 5.41 Å². The fourth-order valence-corrected chi connectivity index (χ4v) is 1.67. The summed E-state index contributed by atoms with van der Waals surface area (Å²) in [5.41, 5.74) is 24.0. The van der Waals surface area contributed by atoms with Gasteiger partial charge < -0.3 is 14.5 Å². The summed E-state index contributed by atoms with van der Waals surface area (Å²) in [6.45, 7) is -0.856. The van der Waals surface area contributed by atoms with Gasteiger partial charge in [0.05, 0.1) is 19.4 Å². The van der Waals surface area contributed by atoms with Crippen LogP contribution in [0.5, 0.6) is 0 Å². The Balaban J connectivity index is 4.86. The van der Waals surface area contributed by atoms with Gasteiger partial charge in [0.1, 0.15) is 0 Å². The molecule has 0 atom stereocenters. The van der Waals surface area contributed by atoms with Crippen LogP contribution in [0.15, 0.2) is 15.3 Å². The van der Waals surface area contributed by atoms with Gasteiger partial charge in [-0.25, -0.2) is 0 Å². The van der Waals surface area contributed by atoms with Gasteiger partial charge in [0.25, 0.3) is 0 Å². The Kier molecular flexibility index (Phi) is 8.95. The average Bonchev–Trinajstić information content (AvgIpc) is 2.43. The fourth-order valence-electron chi connectivity index (χ4n) is 1.30. The van der Waals surface area contributed by atoms with Crippen molar-refractivity contribution < 1.29 is 19.1 Å². The summed E-state index contributed by atoms with van der Waals surface area (Å²) in [5.74, 6) is 0. The predicted molar refractivity (Wildman–Crippen MR) is 72.2 cm³/mol. The maximum absolute atomic E-state index is 10.7. The molecule has 0 heterocycles. The Morgan fingerprint density at radius 2 is 1.43 bits per heavy atom. The highest BCUT2D eigenvalue weighted by Crippen LogP contribution is 2.33. The second-order valence-corrected chi connectivity index (χ2v) is 5.88. The van der Waals surface area contributed by atoms with E-state index in [-0.39, 0.29) is 32.8 Å². The first kappa shape index (κ1) is 19.0. The van der Waals surface area contributed by atoms with E-state index < -0.39 is 19.2 Å². The summed E-state index contributed by atoms with van der Waals surface area (Å²) in [4.78, 5) is 25.1. The first-order valence-electron chi connectivity index (χ1n) is 5.54. The van der Waals surface area contributed by atoms with Crippen LogP contribution in [-0.4, -0.2) is 48.8 Å². The van der Waals surface area contributed by atoms with E-state index in [2.05, 4.69) is 30.1 Å². The van der Waals surface area contributed by atoms with Gasteiger partial charge in [-0.1, -0.05) is 15.3 Å². The summed E-state index contributed by atoms with van der Waals surface area (Å²) >= 11 is 0. The zero-order valence-electron chi connectivity index (χ0n) is 10.9. The van der Waals surface area contributed by atoms with Crippen LogP contribution in [0.4, 0.5) is 0 Å². The normalized spacial score (nSPS) is 13.2. The number of azide groups is 3. The van der Waals surface area contributed by atoms with Crippen LogP contribution in [0.2, 0.25) is 0 Å². The van der Waals surface area contributed by atoms with E-state index in [4.69, 9.17) is 31.1 Å². The van der Waals surface area contributed by atoms with Crippen molar-refractivity contribution in [1.82, 2.24) is 0 Å². The van der Waals surface area contributed by atoms with Gasteiger partial charge in [0, 0.05) is 39.8 Å². The molecule has 0 rings (SSSR count). The van der Waals surface area contributed by atoms with E-state index in [0.29, 0.717) is 0 Å². The highest BCUT2D eigenvalue weighted by Gasteiger charge is 2.29. The molecular formula is C7H14N9O4P. The Bertz CT molecular complexity index is 464. The monoisotopic (exact) mass is 319 g/mol. The molecule has 0 amide bonds. The first-order chi connectivity index (χ1) is 9.89.